The fourth-order valence-corrected chi connectivity index (χ4v) is 4.62. The Labute approximate surface area is 198 Å². The van der Waals surface area contributed by atoms with Gasteiger partial charge in [-0.15, -0.1) is 10.2 Å². The first-order valence-electron chi connectivity index (χ1n) is 11.2. The third kappa shape index (κ3) is 4.58. The van der Waals surface area contributed by atoms with Gasteiger partial charge in [-0.05, 0) is 48.2 Å². The lowest BCUT2D eigenvalue weighted by molar-refractivity contribution is -0.183. The van der Waals surface area contributed by atoms with Gasteiger partial charge in [0.05, 0.1) is 12.1 Å². The Morgan fingerprint density at radius 1 is 1.17 bits per heavy atom. The van der Waals surface area contributed by atoms with E-state index in [9.17, 15) is 17.6 Å². The summed E-state index contributed by atoms with van der Waals surface area (Å²) in [5.41, 5.74) is 7.77. The van der Waals surface area contributed by atoms with Crippen molar-refractivity contribution in [3.05, 3.63) is 59.5 Å². The second kappa shape index (κ2) is 9.14. The molecule has 0 aliphatic carbocycles. The number of hydrogen-bond donors (Lipinski definition) is 1. The minimum atomic E-state index is -4.48. The molecule has 184 valence electrons. The van der Waals surface area contributed by atoms with Gasteiger partial charge in [-0.3, -0.25) is 9.30 Å². The number of ether oxygens (including phenoxy) is 1. The highest BCUT2D eigenvalue weighted by molar-refractivity contribution is 5.82. The summed E-state index contributed by atoms with van der Waals surface area (Å²) in [5.74, 6) is -0.0490. The molecule has 5 rings (SSSR count). The number of alkyl halides is 3. The van der Waals surface area contributed by atoms with Crippen molar-refractivity contribution >= 4 is 16.6 Å². The van der Waals surface area contributed by atoms with E-state index in [2.05, 4.69) is 15.2 Å². The van der Waals surface area contributed by atoms with Gasteiger partial charge < -0.3 is 10.5 Å². The highest BCUT2D eigenvalue weighted by Gasteiger charge is 2.46. The van der Waals surface area contributed by atoms with E-state index >= 15 is 0 Å². The van der Waals surface area contributed by atoms with Crippen LogP contribution >= 0.6 is 0 Å². The highest BCUT2D eigenvalue weighted by Crippen LogP contribution is 2.39. The number of pyridine rings is 2. The van der Waals surface area contributed by atoms with Crippen molar-refractivity contribution < 1.29 is 22.3 Å². The number of rotatable bonds is 6. The van der Waals surface area contributed by atoms with E-state index in [1.807, 2.05) is 0 Å². The predicted molar refractivity (Wildman–Crippen MR) is 122 cm³/mol. The molecule has 2 N–H and O–H groups in total. The van der Waals surface area contributed by atoms with Crippen LogP contribution in [0.25, 0.3) is 28.1 Å². The summed E-state index contributed by atoms with van der Waals surface area (Å²) in [4.78, 5) is 5.97. The molecule has 2 unspecified atom stereocenters. The molecule has 1 aliphatic heterocycles. The molecule has 11 heteroatoms. The Bertz CT molecular complexity index is 1370. The van der Waals surface area contributed by atoms with E-state index in [1.54, 1.807) is 25.3 Å². The highest BCUT2D eigenvalue weighted by atomic mass is 19.4. The Balaban J connectivity index is 1.57. The zero-order valence-corrected chi connectivity index (χ0v) is 19.0. The zero-order valence-electron chi connectivity index (χ0n) is 19.0. The number of nitrogens with zero attached hydrogens (tertiary/aromatic N) is 5. The van der Waals surface area contributed by atoms with Crippen molar-refractivity contribution in [1.82, 2.24) is 24.5 Å². The predicted octanol–water partition coefficient (Wildman–Crippen LogP) is 3.91. The number of aromatic nitrogens is 4. The molecule has 0 saturated carbocycles. The van der Waals surface area contributed by atoms with Crippen molar-refractivity contribution in [2.45, 2.75) is 31.1 Å². The van der Waals surface area contributed by atoms with E-state index < -0.39 is 12.2 Å². The smallest absolute Gasteiger partial charge is 0.384 e. The lowest BCUT2D eigenvalue weighted by Crippen LogP contribution is -2.38. The van der Waals surface area contributed by atoms with Crippen LogP contribution in [0.4, 0.5) is 17.6 Å². The molecular formula is C24H24F4N6O. The van der Waals surface area contributed by atoms with Crippen molar-refractivity contribution in [1.29, 1.82) is 0 Å². The van der Waals surface area contributed by atoms with Gasteiger partial charge in [-0.25, -0.2) is 9.37 Å². The molecule has 1 saturated heterocycles. The molecule has 0 amide bonds. The van der Waals surface area contributed by atoms with Gasteiger partial charge in [-0.2, -0.15) is 13.2 Å². The number of hydrogen-bond acceptors (Lipinski definition) is 6. The first-order chi connectivity index (χ1) is 16.7. The monoisotopic (exact) mass is 488 g/mol. The topological polar surface area (TPSA) is 81.6 Å². The van der Waals surface area contributed by atoms with E-state index in [4.69, 9.17) is 10.5 Å². The van der Waals surface area contributed by atoms with Gasteiger partial charge in [-0.1, -0.05) is 12.1 Å². The standard InChI is InChI=1S/C24H24F4N6O/c1-35-9-7-14-11-20-15(10-18(14)25)2-4-19(30-20)23-32-31-21-5-3-16(12-34(21)23)22(24(26,27)28)33-8-6-17(29)13-33/h2-5,10-12,17,22H,6-9,13,29H2,1H3. The van der Waals surface area contributed by atoms with Gasteiger partial charge >= 0.3 is 6.18 Å². The Kier molecular flexibility index (Phi) is 6.16. The van der Waals surface area contributed by atoms with Crippen molar-refractivity contribution in [2.24, 2.45) is 5.73 Å². The van der Waals surface area contributed by atoms with Crippen molar-refractivity contribution in [2.75, 3.05) is 26.8 Å². The van der Waals surface area contributed by atoms with Crippen LogP contribution in [0.5, 0.6) is 0 Å². The van der Waals surface area contributed by atoms with Crippen LogP contribution in [0, 0.1) is 5.82 Å². The van der Waals surface area contributed by atoms with Crippen LogP contribution in [0.15, 0.2) is 42.6 Å². The number of benzene rings is 1. The van der Waals surface area contributed by atoms with Crippen molar-refractivity contribution in [3.8, 4) is 11.5 Å². The van der Waals surface area contributed by atoms with Crippen LogP contribution in [-0.4, -0.2) is 63.5 Å². The van der Waals surface area contributed by atoms with E-state index in [1.165, 1.54) is 33.7 Å². The number of likely N-dealkylation sites (tertiary alicyclic amines) is 1. The van der Waals surface area contributed by atoms with Crippen LogP contribution in [0.2, 0.25) is 0 Å². The quantitative estimate of drug-likeness (QED) is 0.415. The molecule has 0 bridgehead atoms. The second-order valence-electron chi connectivity index (χ2n) is 8.78. The summed E-state index contributed by atoms with van der Waals surface area (Å²) in [6, 6.07) is 7.29. The SMILES string of the molecule is COCCc1cc2nc(-c3nnc4ccc(C(N5CCC(N)C5)C(F)(F)F)cn34)ccc2cc1F. The fraction of sp³-hybridized carbons (Fsp3) is 0.375. The summed E-state index contributed by atoms with van der Waals surface area (Å²) in [6.07, 6.45) is -2.16. The van der Waals surface area contributed by atoms with E-state index in [-0.39, 0.29) is 30.5 Å². The second-order valence-corrected chi connectivity index (χ2v) is 8.78. The fourth-order valence-electron chi connectivity index (χ4n) is 4.62. The number of fused-ring (bicyclic) bond motifs is 2. The first-order valence-corrected chi connectivity index (χ1v) is 11.2. The molecule has 4 aromatic rings. The third-order valence-corrected chi connectivity index (χ3v) is 6.33. The molecule has 1 aromatic carbocycles. The maximum Gasteiger partial charge on any atom is 0.408 e. The lowest BCUT2D eigenvalue weighted by Gasteiger charge is -2.30. The average molecular weight is 488 g/mol. The van der Waals surface area contributed by atoms with Crippen LogP contribution in [0.3, 0.4) is 0 Å². The summed E-state index contributed by atoms with van der Waals surface area (Å²) in [5, 5.41) is 8.88. The van der Waals surface area contributed by atoms with Gasteiger partial charge in [0.25, 0.3) is 0 Å². The lowest BCUT2D eigenvalue weighted by atomic mass is 10.1. The molecule has 0 spiro atoms. The Morgan fingerprint density at radius 2 is 2.00 bits per heavy atom. The van der Waals surface area contributed by atoms with Crippen LogP contribution < -0.4 is 5.73 Å². The van der Waals surface area contributed by atoms with E-state index in [0.29, 0.717) is 53.1 Å². The molecular weight excluding hydrogens is 464 g/mol. The Hall–Kier alpha value is -3.15. The summed E-state index contributed by atoms with van der Waals surface area (Å²) < 4.78 is 63.2. The number of methoxy groups -OCH3 is 1. The summed E-state index contributed by atoms with van der Waals surface area (Å²) in [7, 11) is 1.54. The van der Waals surface area contributed by atoms with Gasteiger partial charge in [0.2, 0.25) is 0 Å². The molecule has 35 heavy (non-hydrogen) atoms. The minimum absolute atomic E-state index is 0.0739. The molecule has 1 fully saturated rings. The normalized spacial score (nSPS) is 18.1. The van der Waals surface area contributed by atoms with Gasteiger partial charge in [0, 0.05) is 37.8 Å². The number of halogens is 4. The van der Waals surface area contributed by atoms with Crippen LogP contribution in [-0.2, 0) is 11.2 Å². The molecule has 1 aliphatic rings. The number of nitrogens with two attached hydrogens (primary N) is 1. The van der Waals surface area contributed by atoms with Crippen LogP contribution in [0.1, 0.15) is 23.6 Å². The largest absolute Gasteiger partial charge is 0.408 e. The first kappa shape index (κ1) is 23.6. The molecule has 0 radical (unpaired) electrons. The molecule has 4 heterocycles. The third-order valence-electron chi connectivity index (χ3n) is 6.33. The van der Waals surface area contributed by atoms with Crippen molar-refractivity contribution in [3.63, 3.8) is 0 Å². The molecule has 3 aromatic heterocycles. The zero-order chi connectivity index (χ0) is 24.7. The molecule has 7 nitrogen and oxygen atoms in total. The Morgan fingerprint density at radius 3 is 2.71 bits per heavy atom. The summed E-state index contributed by atoms with van der Waals surface area (Å²) in [6.45, 7) is 0.806. The average Bonchev–Trinajstić information content (AvgIpc) is 3.42. The maximum atomic E-state index is 14.4. The summed E-state index contributed by atoms with van der Waals surface area (Å²) >= 11 is 0. The van der Waals surface area contributed by atoms with E-state index in [0.717, 1.165) is 0 Å². The molecule has 2 atom stereocenters. The van der Waals surface area contributed by atoms with Gasteiger partial charge in [0.1, 0.15) is 17.6 Å². The maximum absolute atomic E-state index is 14.4. The minimum Gasteiger partial charge on any atom is -0.384 e. The van der Waals surface area contributed by atoms with Gasteiger partial charge in [0.15, 0.2) is 11.5 Å².